The van der Waals surface area contributed by atoms with Gasteiger partial charge in [-0.05, 0) is 42.5 Å². The molecule has 1 atom stereocenters. The standard InChI is InChI=1S/C26H24ClFN6O3/c1-33-14-16(13-29-33)23-15-34(9-10-37-23)24-12-22(26(35)30-18-4-6-19(36-2)7-5-18)31-25(32-24)20-8-3-17(27)11-21(20)28/h3-8,11-14,23H,9-10,15H2,1-2H3,(H,30,35). The van der Waals surface area contributed by atoms with Crippen molar-refractivity contribution in [3.05, 3.63) is 83.0 Å². The zero-order valence-electron chi connectivity index (χ0n) is 20.2. The zero-order valence-corrected chi connectivity index (χ0v) is 20.9. The maximum atomic E-state index is 14.8. The van der Waals surface area contributed by atoms with E-state index in [0.29, 0.717) is 37.0 Å². The smallest absolute Gasteiger partial charge is 0.274 e. The maximum Gasteiger partial charge on any atom is 0.274 e. The van der Waals surface area contributed by atoms with Crippen molar-refractivity contribution in [1.82, 2.24) is 19.7 Å². The van der Waals surface area contributed by atoms with Gasteiger partial charge in [-0.2, -0.15) is 5.10 Å². The largest absolute Gasteiger partial charge is 0.497 e. The summed E-state index contributed by atoms with van der Waals surface area (Å²) < 4.78 is 27.7. The molecule has 1 amide bonds. The van der Waals surface area contributed by atoms with Gasteiger partial charge in [0.15, 0.2) is 5.82 Å². The quantitative estimate of drug-likeness (QED) is 0.398. The minimum absolute atomic E-state index is 0.0796. The third-order valence-corrected chi connectivity index (χ3v) is 6.19. The molecule has 37 heavy (non-hydrogen) atoms. The first-order valence-electron chi connectivity index (χ1n) is 11.5. The van der Waals surface area contributed by atoms with Crippen LogP contribution in [0.25, 0.3) is 11.4 Å². The lowest BCUT2D eigenvalue weighted by atomic mass is 10.1. The van der Waals surface area contributed by atoms with Crippen molar-refractivity contribution in [3.63, 3.8) is 0 Å². The van der Waals surface area contributed by atoms with Gasteiger partial charge in [0.1, 0.15) is 29.2 Å². The second kappa shape index (κ2) is 10.5. The van der Waals surface area contributed by atoms with E-state index in [0.717, 1.165) is 5.56 Å². The van der Waals surface area contributed by atoms with Gasteiger partial charge >= 0.3 is 0 Å². The number of amides is 1. The molecule has 0 saturated carbocycles. The number of hydrogen-bond donors (Lipinski definition) is 1. The average Bonchev–Trinajstić information content (AvgIpc) is 3.35. The van der Waals surface area contributed by atoms with E-state index in [4.69, 9.17) is 21.1 Å². The van der Waals surface area contributed by atoms with Crippen LogP contribution in [0.2, 0.25) is 5.02 Å². The van der Waals surface area contributed by atoms with Gasteiger partial charge in [0.2, 0.25) is 0 Å². The molecular weight excluding hydrogens is 499 g/mol. The van der Waals surface area contributed by atoms with E-state index in [1.807, 2.05) is 18.1 Å². The van der Waals surface area contributed by atoms with Crippen molar-refractivity contribution in [2.45, 2.75) is 6.10 Å². The number of ether oxygens (including phenoxy) is 2. The Kier molecular flexibility index (Phi) is 7.02. The molecule has 1 aliphatic heterocycles. The van der Waals surface area contributed by atoms with Crippen molar-refractivity contribution in [2.24, 2.45) is 7.05 Å². The number of carbonyl (C=O) groups excluding carboxylic acids is 1. The summed E-state index contributed by atoms with van der Waals surface area (Å²) in [5.74, 6) is 0.189. The average molecular weight is 523 g/mol. The highest BCUT2D eigenvalue weighted by Gasteiger charge is 2.26. The first-order chi connectivity index (χ1) is 17.9. The summed E-state index contributed by atoms with van der Waals surface area (Å²) in [5.41, 5.74) is 1.73. The van der Waals surface area contributed by atoms with Crippen molar-refractivity contribution in [3.8, 4) is 17.1 Å². The van der Waals surface area contributed by atoms with Crippen LogP contribution in [-0.4, -0.2) is 52.5 Å². The van der Waals surface area contributed by atoms with Crippen LogP contribution in [0.3, 0.4) is 0 Å². The predicted octanol–water partition coefficient (Wildman–Crippen LogP) is 4.51. The molecule has 2 aromatic heterocycles. The highest BCUT2D eigenvalue weighted by atomic mass is 35.5. The lowest BCUT2D eigenvalue weighted by Crippen LogP contribution is -2.39. The Bertz CT molecular complexity index is 1430. The van der Waals surface area contributed by atoms with Crippen molar-refractivity contribution < 1.29 is 18.7 Å². The molecular formula is C26H24ClFN6O3. The summed E-state index contributed by atoms with van der Waals surface area (Å²) in [6.07, 6.45) is 3.43. The number of rotatable bonds is 6. The minimum Gasteiger partial charge on any atom is -0.497 e. The van der Waals surface area contributed by atoms with Crippen LogP contribution < -0.4 is 15.0 Å². The number of morpholine rings is 1. The van der Waals surface area contributed by atoms with Crippen molar-refractivity contribution >= 4 is 29.0 Å². The van der Waals surface area contributed by atoms with Gasteiger partial charge in [-0.1, -0.05) is 11.6 Å². The Morgan fingerprint density at radius 1 is 1.19 bits per heavy atom. The Labute approximate surface area is 217 Å². The zero-order chi connectivity index (χ0) is 25.9. The van der Waals surface area contributed by atoms with Gasteiger partial charge in [0.05, 0.1) is 25.5 Å². The van der Waals surface area contributed by atoms with Crippen LogP contribution >= 0.6 is 11.6 Å². The Hall–Kier alpha value is -4.02. The summed E-state index contributed by atoms with van der Waals surface area (Å²) >= 11 is 5.94. The van der Waals surface area contributed by atoms with Crippen molar-refractivity contribution in [2.75, 3.05) is 37.0 Å². The molecule has 1 fully saturated rings. The normalized spacial score (nSPS) is 15.5. The first kappa shape index (κ1) is 24.7. The number of methoxy groups -OCH3 is 1. The van der Waals surface area contributed by atoms with Gasteiger partial charge in [-0.3, -0.25) is 9.48 Å². The lowest BCUT2D eigenvalue weighted by Gasteiger charge is -2.33. The van der Waals surface area contributed by atoms with Gasteiger partial charge in [-0.15, -0.1) is 0 Å². The number of benzene rings is 2. The third-order valence-electron chi connectivity index (χ3n) is 5.95. The van der Waals surface area contributed by atoms with Crippen LogP contribution in [0.4, 0.5) is 15.9 Å². The number of aryl methyl sites for hydroxylation is 1. The highest BCUT2D eigenvalue weighted by molar-refractivity contribution is 6.30. The molecule has 1 unspecified atom stereocenters. The number of aromatic nitrogens is 4. The SMILES string of the molecule is COc1ccc(NC(=O)c2cc(N3CCOC(c4cnn(C)c4)C3)nc(-c3ccc(Cl)cc3F)n2)cc1. The molecule has 1 N–H and O–H groups in total. The molecule has 0 spiro atoms. The fourth-order valence-electron chi connectivity index (χ4n) is 4.04. The summed E-state index contributed by atoms with van der Waals surface area (Å²) in [7, 11) is 3.41. The van der Waals surface area contributed by atoms with Crippen LogP contribution in [0.15, 0.2) is 60.9 Å². The van der Waals surface area contributed by atoms with Crippen LogP contribution in [0, 0.1) is 5.82 Å². The summed E-state index contributed by atoms with van der Waals surface area (Å²) in [6, 6.07) is 12.8. The van der Waals surface area contributed by atoms with E-state index in [1.165, 1.54) is 12.1 Å². The molecule has 9 nitrogen and oxygen atoms in total. The summed E-state index contributed by atoms with van der Waals surface area (Å²) in [6.45, 7) is 1.46. The minimum atomic E-state index is -0.582. The van der Waals surface area contributed by atoms with E-state index >= 15 is 0 Å². The molecule has 3 heterocycles. The monoisotopic (exact) mass is 522 g/mol. The Morgan fingerprint density at radius 2 is 2.00 bits per heavy atom. The molecule has 190 valence electrons. The lowest BCUT2D eigenvalue weighted by molar-refractivity contribution is 0.0395. The first-order valence-corrected chi connectivity index (χ1v) is 11.9. The fraction of sp³-hybridized carbons (Fsp3) is 0.231. The number of nitrogens with one attached hydrogen (secondary N) is 1. The van der Waals surface area contributed by atoms with Gasteiger partial charge in [-0.25, -0.2) is 14.4 Å². The Morgan fingerprint density at radius 3 is 2.70 bits per heavy atom. The molecule has 0 radical (unpaired) electrons. The van der Waals surface area contributed by atoms with E-state index < -0.39 is 11.7 Å². The number of nitrogens with zero attached hydrogens (tertiary/aromatic N) is 5. The maximum absolute atomic E-state index is 14.8. The number of anilines is 2. The molecule has 4 aromatic rings. The number of hydrogen-bond acceptors (Lipinski definition) is 7. The van der Waals surface area contributed by atoms with E-state index in [1.54, 1.807) is 54.4 Å². The highest BCUT2D eigenvalue weighted by Crippen LogP contribution is 2.29. The van der Waals surface area contributed by atoms with Crippen LogP contribution in [0.1, 0.15) is 22.2 Å². The van der Waals surface area contributed by atoms with E-state index in [9.17, 15) is 9.18 Å². The molecule has 1 aliphatic rings. The molecule has 0 bridgehead atoms. The van der Waals surface area contributed by atoms with E-state index in [2.05, 4.69) is 20.4 Å². The topological polar surface area (TPSA) is 94.4 Å². The molecule has 2 aromatic carbocycles. The predicted molar refractivity (Wildman–Crippen MR) is 137 cm³/mol. The molecule has 11 heteroatoms. The van der Waals surface area contributed by atoms with E-state index in [-0.39, 0.29) is 28.2 Å². The number of carbonyl (C=O) groups is 1. The van der Waals surface area contributed by atoms with Crippen LogP contribution in [0.5, 0.6) is 5.75 Å². The second-order valence-electron chi connectivity index (χ2n) is 8.49. The van der Waals surface area contributed by atoms with Gasteiger partial charge in [0, 0.05) is 48.7 Å². The molecule has 0 aliphatic carbocycles. The Balaban J connectivity index is 1.49. The van der Waals surface area contributed by atoms with Crippen molar-refractivity contribution in [1.29, 1.82) is 0 Å². The second-order valence-corrected chi connectivity index (χ2v) is 8.93. The third kappa shape index (κ3) is 5.55. The van der Waals surface area contributed by atoms with Gasteiger partial charge < -0.3 is 19.7 Å². The molecule has 1 saturated heterocycles. The summed E-state index contributed by atoms with van der Waals surface area (Å²) in [4.78, 5) is 24.2. The fourth-order valence-corrected chi connectivity index (χ4v) is 4.20. The molecule has 5 rings (SSSR count). The summed E-state index contributed by atoms with van der Waals surface area (Å²) in [5, 5.41) is 7.31. The number of halogens is 2. The van der Waals surface area contributed by atoms with Crippen LogP contribution in [-0.2, 0) is 11.8 Å². The van der Waals surface area contributed by atoms with Gasteiger partial charge in [0.25, 0.3) is 5.91 Å².